The van der Waals surface area contributed by atoms with Crippen molar-refractivity contribution >= 4 is 11.6 Å². The molecule has 0 saturated carbocycles. The summed E-state index contributed by atoms with van der Waals surface area (Å²) >= 11 is 0. The van der Waals surface area contributed by atoms with Gasteiger partial charge in [-0.05, 0) is 56.1 Å². The van der Waals surface area contributed by atoms with Crippen LogP contribution in [0.3, 0.4) is 0 Å². The van der Waals surface area contributed by atoms with E-state index in [1.807, 2.05) is 19.1 Å². The highest BCUT2D eigenvalue weighted by Gasteiger charge is 2.23. The summed E-state index contributed by atoms with van der Waals surface area (Å²) in [6.07, 6.45) is 2.45. The van der Waals surface area contributed by atoms with E-state index in [4.69, 9.17) is 4.74 Å². The highest BCUT2D eigenvalue weighted by Crippen LogP contribution is 2.26. The van der Waals surface area contributed by atoms with Gasteiger partial charge in [-0.25, -0.2) is 4.99 Å². The summed E-state index contributed by atoms with van der Waals surface area (Å²) in [7, 11) is 1.68. The normalized spacial score (nSPS) is 15.5. The first-order valence-electron chi connectivity index (χ1n) is 10.7. The van der Waals surface area contributed by atoms with Crippen molar-refractivity contribution in [2.45, 2.75) is 32.4 Å². The van der Waals surface area contributed by atoms with Crippen LogP contribution in [-0.4, -0.2) is 49.1 Å². The molecule has 3 rings (SSSR count). The number of aliphatic imine (C=N–C) groups is 1. The van der Waals surface area contributed by atoms with Crippen LogP contribution in [0.4, 0.5) is 5.69 Å². The van der Waals surface area contributed by atoms with Crippen LogP contribution < -0.4 is 15.4 Å². The minimum absolute atomic E-state index is 0.0886. The summed E-state index contributed by atoms with van der Waals surface area (Å²) in [6.45, 7) is 6.15. The van der Waals surface area contributed by atoms with Gasteiger partial charge in [0.25, 0.3) is 5.69 Å². The van der Waals surface area contributed by atoms with Crippen molar-refractivity contribution in [2.24, 2.45) is 4.99 Å². The van der Waals surface area contributed by atoms with Crippen LogP contribution in [0.15, 0.2) is 53.5 Å². The van der Waals surface area contributed by atoms with Gasteiger partial charge in [0.15, 0.2) is 5.96 Å². The molecule has 1 aliphatic heterocycles. The zero-order valence-corrected chi connectivity index (χ0v) is 18.2. The molecule has 0 radical (unpaired) electrons. The summed E-state index contributed by atoms with van der Waals surface area (Å²) in [6, 6.07) is 15.0. The average molecular weight is 426 g/mol. The van der Waals surface area contributed by atoms with Gasteiger partial charge in [-0.1, -0.05) is 24.3 Å². The standard InChI is InChI=1S/C23H31N5O3/c1-3-24-23(25-16-18-6-10-20(11-7-18)28(29)30)26-17-22(27-14-4-5-15-27)19-8-12-21(31-2)13-9-19/h6-13,22H,3-5,14-17H2,1-2H3,(H2,24,25,26). The highest BCUT2D eigenvalue weighted by molar-refractivity contribution is 5.79. The Hall–Kier alpha value is -3.13. The molecule has 0 amide bonds. The minimum Gasteiger partial charge on any atom is -0.497 e. The molecule has 1 unspecified atom stereocenters. The van der Waals surface area contributed by atoms with Gasteiger partial charge in [-0.15, -0.1) is 0 Å². The van der Waals surface area contributed by atoms with Crippen molar-refractivity contribution in [2.75, 3.05) is 33.3 Å². The number of rotatable bonds is 9. The van der Waals surface area contributed by atoms with E-state index in [-0.39, 0.29) is 11.7 Å². The third-order valence-corrected chi connectivity index (χ3v) is 5.46. The zero-order valence-electron chi connectivity index (χ0n) is 18.2. The molecular formula is C23H31N5O3. The van der Waals surface area contributed by atoms with Crippen molar-refractivity contribution in [3.05, 3.63) is 69.8 Å². The number of likely N-dealkylation sites (tertiary alicyclic amines) is 1. The van der Waals surface area contributed by atoms with Crippen LogP contribution in [0.5, 0.6) is 5.75 Å². The van der Waals surface area contributed by atoms with Gasteiger partial charge < -0.3 is 15.4 Å². The first-order chi connectivity index (χ1) is 15.1. The molecule has 8 nitrogen and oxygen atoms in total. The highest BCUT2D eigenvalue weighted by atomic mass is 16.6. The molecule has 2 aromatic rings. The molecule has 1 aliphatic rings. The molecule has 2 aromatic carbocycles. The lowest BCUT2D eigenvalue weighted by atomic mass is 10.1. The molecule has 1 atom stereocenters. The Bertz CT molecular complexity index is 862. The van der Waals surface area contributed by atoms with Gasteiger partial charge >= 0.3 is 0 Å². The maximum absolute atomic E-state index is 10.8. The Kier molecular flexibility index (Phi) is 8.23. The average Bonchev–Trinajstić information content (AvgIpc) is 3.33. The first kappa shape index (κ1) is 22.6. The molecule has 0 bridgehead atoms. The van der Waals surface area contributed by atoms with Gasteiger partial charge in [0.1, 0.15) is 5.75 Å². The van der Waals surface area contributed by atoms with E-state index in [0.717, 1.165) is 43.5 Å². The minimum atomic E-state index is -0.393. The van der Waals surface area contributed by atoms with Crippen LogP contribution in [-0.2, 0) is 6.54 Å². The molecular weight excluding hydrogens is 394 g/mol. The Labute approximate surface area is 183 Å². The molecule has 0 aromatic heterocycles. The maximum atomic E-state index is 10.8. The van der Waals surface area contributed by atoms with Gasteiger partial charge in [0.05, 0.1) is 24.6 Å². The molecule has 1 heterocycles. The third kappa shape index (κ3) is 6.42. The predicted molar refractivity (Wildman–Crippen MR) is 122 cm³/mol. The monoisotopic (exact) mass is 425 g/mol. The first-order valence-corrected chi connectivity index (χ1v) is 10.7. The summed E-state index contributed by atoms with van der Waals surface area (Å²) < 4.78 is 5.30. The number of hydrogen-bond donors (Lipinski definition) is 2. The third-order valence-electron chi connectivity index (χ3n) is 5.46. The summed E-state index contributed by atoms with van der Waals surface area (Å²) in [5, 5.41) is 17.6. The molecule has 1 fully saturated rings. The number of methoxy groups -OCH3 is 1. The number of nitrogens with zero attached hydrogens (tertiary/aromatic N) is 3. The van der Waals surface area contributed by atoms with Crippen LogP contribution in [0.2, 0.25) is 0 Å². The van der Waals surface area contributed by atoms with E-state index in [2.05, 4.69) is 32.7 Å². The van der Waals surface area contributed by atoms with Gasteiger partial charge in [-0.3, -0.25) is 15.0 Å². The number of benzene rings is 2. The van der Waals surface area contributed by atoms with E-state index >= 15 is 0 Å². The second kappa shape index (κ2) is 11.3. The lowest BCUT2D eigenvalue weighted by molar-refractivity contribution is -0.384. The second-order valence-corrected chi connectivity index (χ2v) is 7.53. The zero-order chi connectivity index (χ0) is 22.1. The lowest BCUT2D eigenvalue weighted by Crippen LogP contribution is -2.42. The number of nitrogens with one attached hydrogen (secondary N) is 2. The Morgan fingerprint density at radius 1 is 1.13 bits per heavy atom. The molecule has 166 valence electrons. The summed E-state index contributed by atoms with van der Waals surface area (Å²) in [5.41, 5.74) is 2.26. The van der Waals surface area contributed by atoms with Crippen molar-refractivity contribution in [3.8, 4) is 5.75 Å². The van der Waals surface area contributed by atoms with Crippen LogP contribution in [0.25, 0.3) is 0 Å². The Morgan fingerprint density at radius 2 is 1.81 bits per heavy atom. The van der Waals surface area contributed by atoms with Crippen molar-refractivity contribution in [1.82, 2.24) is 15.5 Å². The fourth-order valence-corrected chi connectivity index (χ4v) is 3.77. The molecule has 0 spiro atoms. The fourth-order valence-electron chi connectivity index (χ4n) is 3.77. The maximum Gasteiger partial charge on any atom is 0.269 e. The largest absolute Gasteiger partial charge is 0.497 e. The lowest BCUT2D eigenvalue weighted by Gasteiger charge is -2.29. The topological polar surface area (TPSA) is 92.0 Å². The molecule has 2 N–H and O–H groups in total. The summed E-state index contributed by atoms with van der Waals surface area (Å²) in [5.74, 6) is 1.59. The number of guanidine groups is 1. The van der Waals surface area contributed by atoms with E-state index in [9.17, 15) is 10.1 Å². The van der Waals surface area contributed by atoms with Crippen LogP contribution >= 0.6 is 0 Å². The Balaban J connectivity index is 1.68. The molecule has 1 saturated heterocycles. The fraction of sp³-hybridized carbons (Fsp3) is 0.435. The van der Waals surface area contributed by atoms with Crippen LogP contribution in [0, 0.1) is 10.1 Å². The van der Waals surface area contributed by atoms with E-state index < -0.39 is 4.92 Å². The van der Waals surface area contributed by atoms with E-state index in [1.165, 1.54) is 30.5 Å². The number of nitro benzene ring substituents is 1. The number of non-ortho nitro benzene ring substituents is 1. The van der Waals surface area contributed by atoms with Gasteiger partial charge in [0, 0.05) is 25.2 Å². The SMILES string of the molecule is CCNC(=NCc1ccc([N+](=O)[O-])cc1)NCC(c1ccc(OC)cc1)N1CCCC1. The van der Waals surface area contributed by atoms with Gasteiger partial charge in [-0.2, -0.15) is 0 Å². The molecule has 31 heavy (non-hydrogen) atoms. The van der Waals surface area contributed by atoms with Crippen molar-refractivity contribution < 1.29 is 9.66 Å². The van der Waals surface area contributed by atoms with E-state index in [0.29, 0.717) is 6.54 Å². The number of hydrogen-bond acceptors (Lipinski definition) is 5. The molecule has 0 aliphatic carbocycles. The second-order valence-electron chi connectivity index (χ2n) is 7.53. The van der Waals surface area contributed by atoms with E-state index in [1.54, 1.807) is 19.2 Å². The quantitative estimate of drug-likeness (QED) is 0.277. The van der Waals surface area contributed by atoms with Gasteiger partial charge in [0.2, 0.25) is 0 Å². The molecule has 8 heteroatoms. The predicted octanol–water partition coefficient (Wildman–Crippen LogP) is 3.50. The summed E-state index contributed by atoms with van der Waals surface area (Å²) in [4.78, 5) is 17.6. The van der Waals surface area contributed by atoms with Crippen molar-refractivity contribution in [3.63, 3.8) is 0 Å². The Morgan fingerprint density at radius 3 is 2.39 bits per heavy atom. The van der Waals surface area contributed by atoms with Crippen LogP contribution in [0.1, 0.15) is 36.9 Å². The van der Waals surface area contributed by atoms with Crippen molar-refractivity contribution in [1.29, 1.82) is 0 Å². The number of nitro groups is 1. The smallest absolute Gasteiger partial charge is 0.269 e. The number of ether oxygens (including phenoxy) is 1.